The zero-order valence-corrected chi connectivity index (χ0v) is 9.26. The number of rotatable bonds is 5. The van der Waals surface area contributed by atoms with Gasteiger partial charge in [-0.1, -0.05) is 13.0 Å². The van der Waals surface area contributed by atoms with Gasteiger partial charge in [0, 0.05) is 11.6 Å². The smallest absolute Gasteiger partial charge is 0.105 e. The second-order valence-electron chi connectivity index (χ2n) is 3.50. The topological polar surface area (TPSA) is 25.2 Å². The Morgan fingerprint density at radius 3 is 2.71 bits per heavy atom. The predicted octanol–water partition coefficient (Wildman–Crippen LogP) is 3.12. The van der Waals surface area contributed by atoms with Gasteiger partial charge in [-0.25, -0.2) is 0 Å². The minimum Gasteiger partial charge on any atom is -0.466 e. The SMILES string of the molecule is C=CCC(NCC)c1cc(C)oc1C. The summed E-state index contributed by atoms with van der Waals surface area (Å²) in [6, 6.07) is 2.45. The summed E-state index contributed by atoms with van der Waals surface area (Å²) in [6.07, 6.45) is 2.88. The monoisotopic (exact) mass is 193 g/mol. The molecule has 0 aliphatic heterocycles. The van der Waals surface area contributed by atoms with Crippen LogP contribution in [0.5, 0.6) is 0 Å². The zero-order chi connectivity index (χ0) is 10.6. The number of aryl methyl sites for hydroxylation is 2. The summed E-state index contributed by atoms with van der Waals surface area (Å²) in [5.74, 6) is 1.99. The minimum atomic E-state index is 0.343. The van der Waals surface area contributed by atoms with Gasteiger partial charge in [-0.15, -0.1) is 6.58 Å². The van der Waals surface area contributed by atoms with Crippen molar-refractivity contribution in [2.45, 2.75) is 33.2 Å². The largest absolute Gasteiger partial charge is 0.466 e. The minimum absolute atomic E-state index is 0.343. The first-order chi connectivity index (χ1) is 6.69. The van der Waals surface area contributed by atoms with Crippen LogP contribution in [0.3, 0.4) is 0 Å². The maximum atomic E-state index is 5.51. The molecule has 2 nitrogen and oxygen atoms in total. The van der Waals surface area contributed by atoms with Gasteiger partial charge >= 0.3 is 0 Å². The Bertz CT molecular complexity index is 301. The molecule has 1 rings (SSSR count). The van der Waals surface area contributed by atoms with E-state index in [1.807, 2.05) is 19.9 Å². The summed E-state index contributed by atoms with van der Waals surface area (Å²) in [4.78, 5) is 0. The number of furan rings is 1. The molecule has 2 heteroatoms. The molecule has 1 N–H and O–H groups in total. The van der Waals surface area contributed by atoms with Crippen LogP contribution in [0.25, 0.3) is 0 Å². The second kappa shape index (κ2) is 5.01. The molecule has 1 atom stereocenters. The van der Waals surface area contributed by atoms with Crippen LogP contribution in [0.15, 0.2) is 23.1 Å². The number of nitrogens with one attached hydrogen (secondary N) is 1. The fraction of sp³-hybridized carbons (Fsp3) is 0.500. The highest BCUT2D eigenvalue weighted by molar-refractivity contribution is 5.24. The molecule has 0 amide bonds. The number of hydrogen-bond donors (Lipinski definition) is 1. The Kier molecular flexibility index (Phi) is 3.96. The normalized spacial score (nSPS) is 12.8. The maximum Gasteiger partial charge on any atom is 0.105 e. The van der Waals surface area contributed by atoms with E-state index in [0.29, 0.717) is 6.04 Å². The predicted molar refractivity (Wildman–Crippen MR) is 59.4 cm³/mol. The average Bonchev–Trinajstić information content (AvgIpc) is 2.45. The fourth-order valence-electron chi connectivity index (χ4n) is 1.73. The first kappa shape index (κ1) is 11.1. The summed E-state index contributed by atoms with van der Waals surface area (Å²) in [6.45, 7) is 10.8. The third kappa shape index (κ3) is 2.48. The summed E-state index contributed by atoms with van der Waals surface area (Å²) in [5.41, 5.74) is 1.25. The molecule has 1 unspecified atom stereocenters. The van der Waals surface area contributed by atoms with Crippen LogP contribution >= 0.6 is 0 Å². The van der Waals surface area contributed by atoms with E-state index in [1.54, 1.807) is 0 Å². The molecule has 14 heavy (non-hydrogen) atoms. The molecule has 1 heterocycles. The van der Waals surface area contributed by atoms with Crippen LogP contribution in [0.4, 0.5) is 0 Å². The Hall–Kier alpha value is -1.02. The Morgan fingerprint density at radius 2 is 2.29 bits per heavy atom. The maximum absolute atomic E-state index is 5.51. The molecule has 0 radical (unpaired) electrons. The highest BCUT2D eigenvalue weighted by Gasteiger charge is 2.14. The van der Waals surface area contributed by atoms with Gasteiger partial charge in [0.1, 0.15) is 11.5 Å². The Morgan fingerprint density at radius 1 is 1.57 bits per heavy atom. The quantitative estimate of drug-likeness (QED) is 0.727. The van der Waals surface area contributed by atoms with Gasteiger partial charge in [-0.2, -0.15) is 0 Å². The van der Waals surface area contributed by atoms with Crippen molar-refractivity contribution in [3.8, 4) is 0 Å². The van der Waals surface area contributed by atoms with E-state index in [4.69, 9.17) is 4.42 Å². The Balaban J connectivity index is 2.85. The highest BCUT2D eigenvalue weighted by Crippen LogP contribution is 2.24. The second-order valence-corrected chi connectivity index (χ2v) is 3.50. The molecule has 0 fully saturated rings. The van der Waals surface area contributed by atoms with Gasteiger partial charge in [0.05, 0.1) is 0 Å². The first-order valence-corrected chi connectivity index (χ1v) is 5.10. The van der Waals surface area contributed by atoms with E-state index in [2.05, 4.69) is 24.9 Å². The lowest BCUT2D eigenvalue weighted by atomic mass is 10.0. The lowest BCUT2D eigenvalue weighted by Gasteiger charge is -2.14. The molecule has 0 saturated carbocycles. The van der Waals surface area contributed by atoms with Gasteiger partial charge in [0.2, 0.25) is 0 Å². The number of hydrogen-bond acceptors (Lipinski definition) is 2. The standard InChI is InChI=1S/C12H19NO/c1-5-7-12(13-6-2)11-8-9(3)14-10(11)4/h5,8,12-13H,1,6-7H2,2-4H3. The molecule has 0 spiro atoms. The van der Waals surface area contributed by atoms with E-state index in [9.17, 15) is 0 Å². The van der Waals surface area contributed by atoms with Crippen LogP contribution in [0.2, 0.25) is 0 Å². The van der Waals surface area contributed by atoms with Crippen molar-refractivity contribution in [3.05, 3.63) is 35.8 Å². The molecule has 0 aromatic carbocycles. The van der Waals surface area contributed by atoms with E-state index in [1.165, 1.54) is 5.56 Å². The molecule has 0 aliphatic rings. The molecular weight excluding hydrogens is 174 g/mol. The van der Waals surface area contributed by atoms with Gasteiger partial charge in [0.25, 0.3) is 0 Å². The van der Waals surface area contributed by atoms with Crippen LogP contribution in [0, 0.1) is 13.8 Å². The van der Waals surface area contributed by atoms with Gasteiger partial charge in [-0.3, -0.25) is 0 Å². The summed E-state index contributed by atoms with van der Waals surface area (Å²) < 4.78 is 5.51. The lowest BCUT2D eigenvalue weighted by Crippen LogP contribution is -2.20. The lowest BCUT2D eigenvalue weighted by molar-refractivity contribution is 0.486. The molecule has 0 aliphatic carbocycles. The zero-order valence-electron chi connectivity index (χ0n) is 9.26. The molecular formula is C12H19NO. The van der Waals surface area contributed by atoms with Gasteiger partial charge in [0.15, 0.2) is 0 Å². The van der Waals surface area contributed by atoms with Gasteiger partial charge in [-0.05, 0) is 32.9 Å². The van der Waals surface area contributed by atoms with Crippen LogP contribution in [-0.4, -0.2) is 6.54 Å². The average molecular weight is 193 g/mol. The van der Waals surface area contributed by atoms with Crippen molar-refractivity contribution in [1.82, 2.24) is 5.32 Å². The first-order valence-electron chi connectivity index (χ1n) is 5.10. The van der Waals surface area contributed by atoms with Crippen LogP contribution in [0.1, 0.15) is 36.5 Å². The van der Waals surface area contributed by atoms with Crippen molar-refractivity contribution in [3.63, 3.8) is 0 Å². The van der Waals surface area contributed by atoms with E-state index in [0.717, 1.165) is 24.5 Å². The molecule has 0 bridgehead atoms. The molecule has 0 saturated heterocycles. The fourth-order valence-corrected chi connectivity index (χ4v) is 1.73. The van der Waals surface area contributed by atoms with Gasteiger partial charge < -0.3 is 9.73 Å². The summed E-state index contributed by atoms with van der Waals surface area (Å²) >= 11 is 0. The van der Waals surface area contributed by atoms with Crippen molar-refractivity contribution in [1.29, 1.82) is 0 Å². The molecule has 1 aromatic rings. The summed E-state index contributed by atoms with van der Waals surface area (Å²) in [7, 11) is 0. The van der Waals surface area contributed by atoms with Crippen molar-refractivity contribution in [2.75, 3.05) is 6.54 Å². The van der Waals surface area contributed by atoms with Crippen molar-refractivity contribution in [2.24, 2.45) is 0 Å². The third-order valence-corrected chi connectivity index (χ3v) is 2.31. The van der Waals surface area contributed by atoms with Crippen molar-refractivity contribution >= 4 is 0 Å². The highest BCUT2D eigenvalue weighted by atomic mass is 16.3. The van der Waals surface area contributed by atoms with Crippen LogP contribution in [-0.2, 0) is 0 Å². The summed E-state index contributed by atoms with van der Waals surface area (Å²) in [5, 5.41) is 3.42. The van der Waals surface area contributed by atoms with Crippen molar-refractivity contribution < 1.29 is 4.42 Å². The van der Waals surface area contributed by atoms with E-state index >= 15 is 0 Å². The van der Waals surface area contributed by atoms with E-state index < -0.39 is 0 Å². The third-order valence-electron chi connectivity index (χ3n) is 2.31. The molecule has 78 valence electrons. The Labute approximate surface area is 86.0 Å². The molecule has 1 aromatic heterocycles. The van der Waals surface area contributed by atoms with E-state index in [-0.39, 0.29) is 0 Å². The van der Waals surface area contributed by atoms with Crippen LogP contribution < -0.4 is 5.32 Å².